The van der Waals surface area contributed by atoms with Crippen molar-refractivity contribution in [2.45, 2.75) is 32.6 Å². The van der Waals surface area contributed by atoms with Crippen LogP contribution in [0.25, 0.3) is 0 Å². The van der Waals surface area contributed by atoms with E-state index in [1.807, 2.05) is 4.90 Å². The van der Waals surface area contributed by atoms with Crippen LogP contribution in [-0.2, 0) is 6.42 Å². The largest absolute Gasteiger partial charge is 0.338 e. The molecule has 4 nitrogen and oxygen atoms in total. The Morgan fingerprint density at radius 2 is 2.25 bits per heavy atom. The smallest absolute Gasteiger partial charge is 0.267 e. The number of rotatable bonds is 4. The van der Waals surface area contributed by atoms with Crippen molar-refractivity contribution in [2.75, 3.05) is 13.1 Å². The minimum absolute atomic E-state index is 0.0137. The molecule has 1 unspecified atom stereocenters. The summed E-state index contributed by atoms with van der Waals surface area (Å²) in [6.07, 6.45) is 3.30. The lowest BCUT2D eigenvalue weighted by Crippen LogP contribution is -2.40. The molecule has 1 aromatic heterocycles. The molecule has 0 aliphatic carbocycles. The van der Waals surface area contributed by atoms with Gasteiger partial charge in [-0.15, -0.1) is 5.10 Å². The van der Waals surface area contributed by atoms with Gasteiger partial charge < -0.3 is 4.90 Å². The molecule has 0 radical (unpaired) electrons. The summed E-state index contributed by atoms with van der Waals surface area (Å²) < 4.78 is 30.5. The van der Waals surface area contributed by atoms with Crippen molar-refractivity contribution in [3.8, 4) is 0 Å². The fraction of sp³-hybridized carbons (Fsp3) is 0.471. The first kappa shape index (κ1) is 17.0. The van der Waals surface area contributed by atoms with E-state index in [4.69, 9.17) is 0 Å². The van der Waals surface area contributed by atoms with Crippen molar-refractivity contribution in [1.82, 2.24) is 14.5 Å². The topological polar surface area (TPSA) is 46.1 Å². The normalized spacial score (nSPS) is 18.0. The molecule has 128 valence electrons. The van der Waals surface area contributed by atoms with Crippen LogP contribution < -0.4 is 0 Å². The van der Waals surface area contributed by atoms with E-state index in [0.717, 1.165) is 43.4 Å². The molecular weight excluding hydrogens is 332 g/mol. The number of piperidine rings is 1. The zero-order chi connectivity index (χ0) is 17.1. The summed E-state index contributed by atoms with van der Waals surface area (Å²) in [5, 5.41) is 3.89. The van der Waals surface area contributed by atoms with Gasteiger partial charge in [-0.2, -0.15) is 0 Å². The maximum absolute atomic E-state index is 13.7. The number of hydrogen-bond acceptors (Lipinski definition) is 4. The fourth-order valence-corrected chi connectivity index (χ4v) is 3.77. The number of hydrogen-bond donors (Lipinski definition) is 0. The number of nitrogens with zero attached hydrogens (tertiary/aromatic N) is 3. The van der Waals surface area contributed by atoms with Crippen LogP contribution in [0.3, 0.4) is 0 Å². The van der Waals surface area contributed by atoms with E-state index in [1.54, 1.807) is 6.92 Å². The molecule has 7 heteroatoms. The molecule has 0 bridgehead atoms. The summed E-state index contributed by atoms with van der Waals surface area (Å²) in [6.45, 7) is 3.19. The number of carbonyl (C=O) groups is 1. The van der Waals surface area contributed by atoms with Gasteiger partial charge in [-0.25, -0.2) is 8.78 Å². The Hall–Kier alpha value is -1.89. The molecule has 0 spiro atoms. The lowest BCUT2D eigenvalue weighted by Gasteiger charge is -2.32. The Balaban J connectivity index is 1.59. The van der Waals surface area contributed by atoms with Crippen molar-refractivity contribution < 1.29 is 13.6 Å². The van der Waals surface area contributed by atoms with Crippen LogP contribution in [0, 0.1) is 24.5 Å². The Bertz CT molecular complexity index is 734. The van der Waals surface area contributed by atoms with Crippen molar-refractivity contribution in [3.63, 3.8) is 0 Å². The third kappa shape index (κ3) is 3.77. The van der Waals surface area contributed by atoms with E-state index in [1.165, 1.54) is 12.1 Å². The molecule has 1 amide bonds. The van der Waals surface area contributed by atoms with Gasteiger partial charge in [0.25, 0.3) is 5.91 Å². The Labute approximate surface area is 143 Å². The third-order valence-corrected chi connectivity index (χ3v) is 5.30. The predicted molar refractivity (Wildman–Crippen MR) is 88.0 cm³/mol. The summed E-state index contributed by atoms with van der Waals surface area (Å²) >= 11 is 1.13. The summed E-state index contributed by atoms with van der Waals surface area (Å²) in [7, 11) is 0. The Morgan fingerprint density at radius 1 is 1.42 bits per heavy atom. The maximum Gasteiger partial charge on any atom is 0.267 e. The van der Waals surface area contributed by atoms with E-state index >= 15 is 0 Å². The van der Waals surface area contributed by atoms with Crippen LogP contribution in [-0.4, -0.2) is 33.5 Å². The van der Waals surface area contributed by atoms with E-state index in [-0.39, 0.29) is 5.91 Å². The number of halogens is 2. The molecule has 0 N–H and O–H groups in total. The van der Waals surface area contributed by atoms with Gasteiger partial charge in [-0.3, -0.25) is 4.79 Å². The van der Waals surface area contributed by atoms with Crippen molar-refractivity contribution in [2.24, 2.45) is 5.92 Å². The first-order valence-corrected chi connectivity index (χ1v) is 8.84. The molecule has 3 rings (SSSR count). The molecule has 1 aliphatic rings. The highest BCUT2D eigenvalue weighted by Crippen LogP contribution is 2.25. The quantitative estimate of drug-likeness (QED) is 0.845. The monoisotopic (exact) mass is 351 g/mol. The van der Waals surface area contributed by atoms with E-state index in [9.17, 15) is 13.6 Å². The van der Waals surface area contributed by atoms with Crippen LogP contribution in [0.2, 0.25) is 0 Å². The van der Waals surface area contributed by atoms with E-state index < -0.39 is 11.6 Å². The Kier molecular flexibility index (Phi) is 5.18. The van der Waals surface area contributed by atoms with Gasteiger partial charge in [-0.05, 0) is 61.7 Å². The highest BCUT2D eigenvalue weighted by atomic mass is 32.1. The molecule has 2 aromatic rings. The van der Waals surface area contributed by atoms with Gasteiger partial charge in [0, 0.05) is 19.2 Å². The lowest BCUT2D eigenvalue weighted by atomic mass is 9.91. The first-order chi connectivity index (χ1) is 11.5. The molecule has 1 aliphatic heterocycles. The summed E-state index contributed by atoms with van der Waals surface area (Å²) in [5.74, 6) is -0.738. The molecule has 1 fully saturated rings. The van der Waals surface area contributed by atoms with Crippen LogP contribution in [0.15, 0.2) is 18.2 Å². The highest BCUT2D eigenvalue weighted by molar-refractivity contribution is 7.07. The van der Waals surface area contributed by atoms with Crippen molar-refractivity contribution in [1.29, 1.82) is 0 Å². The second-order valence-electron chi connectivity index (χ2n) is 6.22. The van der Waals surface area contributed by atoms with Crippen molar-refractivity contribution >= 4 is 17.4 Å². The minimum Gasteiger partial charge on any atom is -0.338 e. The molecule has 1 atom stereocenters. The van der Waals surface area contributed by atoms with Gasteiger partial charge >= 0.3 is 0 Å². The second kappa shape index (κ2) is 7.34. The average Bonchev–Trinajstić information content (AvgIpc) is 3.00. The molecule has 1 saturated heterocycles. The number of benzene rings is 1. The molecule has 1 aromatic carbocycles. The van der Waals surface area contributed by atoms with Crippen LogP contribution in [0.4, 0.5) is 8.78 Å². The van der Waals surface area contributed by atoms with Gasteiger partial charge in [0.1, 0.15) is 16.5 Å². The van der Waals surface area contributed by atoms with Crippen LogP contribution in [0.5, 0.6) is 0 Å². The molecule has 0 saturated carbocycles. The van der Waals surface area contributed by atoms with Crippen molar-refractivity contribution in [3.05, 3.63) is 46.0 Å². The number of amides is 1. The Morgan fingerprint density at radius 3 is 2.96 bits per heavy atom. The van der Waals surface area contributed by atoms with Gasteiger partial charge in [-0.1, -0.05) is 10.6 Å². The minimum atomic E-state index is -0.556. The first-order valence-electron chi connectivity index (χ1n) is 8.06. The van der Waals surface area contributed by atoms with E-state index in [2.05, 4.69) is 9.59 Å². The molecule has 24 heavy (non-hydrogen) atoms. The third-order valence-electron chi connectivity index (χ3n) is 4.49. The zero-order valence-electron chi connectivity index (χ0n) is 13.5. The lowest BCUT2D eigenvalue weighted by molar-refractivity contribution is 0.0672. The summed E-state index contributed by atoms with van der Waals surface area (Å²) in [6, 6.07) is 3.71. The number of aromatic nitrogens is 2. The summed E-state index contributed by atoms with van der Waals surface area (Å²) in [4.78, 5) is 15.0. The molecule has 2 heterocycles. The second-order valence-corrected chi connectivity index (χ2v) is 6.98. The predicted octanol–water partition coefficient (Wildman–Crippen LogP) is 3.61. The maximum atomic E-state index is 13.7. The van der Waals surface area contributed by atoms with Gasteiger partial charge in [0.2, 0.25) is 0 Å². The van der Waals surface area contributed by atoms with Gasteiger partial charge in [0.15, 0.2) is 0 Å². The van der Waals surface area contributed by atoms with Gasteiger partial charge in [0.05, 0.1) is 5.69 Å². The fourth-order valence-electron chi connectivity index (χ4n) is 3.14. The average molecular weight is 351 g/mol. The SMILES string of the molecule is Cc1nnsc1C(=O)N1CCCC(CCc2ccc(F)cc2F)C1. The summed E-state index contributed by atoms with van der Waals surface area (Å²) in [5.41, 5.74) is 1.20. The van der Waals surface area contributed by atoms with Crippen LogP contribution in [0.1, 0.15) is 40.2 Å². The number of likely N-dealkylation sites (tertiary alicyclic amines) is 1. The number of aryl methyl sites for hydroxylation is 2. The number of carbonyl (C=O) groups excluding carboxylic acids is 1. The zero-order valence-corrected chi connectivity index (χ0v) is 14.3. The highest BCUT2D eigenvalue weighted by Gasteiger charge is 2.26. The molecular formula is C17H19F2N3OS. The van der Waals surface area contributed by atoms with Crippen LogP contribution >= 0.6 is 11.5 Å². The standard InChI is InChI=1S/C17H19F2N3OS/c1-11-16(24-21-20-11)17(23)22-8-2-3-12(10-22)4-5-13-6-7-14(18)9-15(13)19/h6-7,9,12H,2-5,8,10H2,1H3. The van der Waals surface area contributed by atoms with E-state index in [0.29, 0.717) is 35.0 Å².